The van der Waals surface area contributed by atoms with E-state index in [9.17, 15) is 10.2 Å². The maximum absolute atomic E-state index is 9.40. The minimum atomic E-state index is 0.215. The SMILES string of the molecule is CCCc1cccc(Cl)c1O.CCc1cccc(Cl)c1O. The van der Waals surface area contributed by atoms with Gasteiger partial charge in [0.2, 0.25) is 0 Å². The number of aryl methyl sites for hydroxylation is 2. The number of phenolic OH excluding ortho intramolecular Hbond substituents is 2. The van der Waals surface area contributed by atoms with Crippen LogP contribution in [0.15, 0.2) is 36.4 Å². The molecule has 4 heteroatoms. The molecular formula is C17H20Cl2O2. The number of para-hydroxylation sites is 2. The fraction of sp³-hybridized carbons (Fsp3) is 0.294. The Balaban J connectivity index is 0.000000211. The van der Waals surface area contributed by atoms with Crippen molar-refractivity contribution in [2.45, 2.75) is 33.1 Å². The standard InChI is InChI=1S/C9H11ClO.C8H9ClO/c1-2-4-7-5-3-6-8(10)9(7)11;1-2-6-4-3-5-7(9)8(6)10/h3,5-6,11H,2,4H2,1H3;3-5,10H,2H2,1H3. The summed E-state index contributed by atoms with van der Waals surface area (Å²) in [7, 11) is 0. The minimum absolute atomic E-state index is 0.215. The number of halogens is 2. The number of hydrogen-bond donors (Lipinski definition) is 2. The van der Waals surface area contributed by atoms with Crippen LogP contribution in [-0.4, -0.2) is 10.2 Å². The third-order valence-corrected chi connectivity index (χ3v) is 3.65. The summed E-state index contributed by atoms with van der Waals surface area (Å²) < 4.78 is 0. The quantitative estimate of drug-likeness (QED) is 0.769. The lowest BCUT2D eigenvalue weighted by Crippen LogP contribution is -1.83. The van der Waals surface area contributed by atoms with Crippen molar-refractivity contribution in [3.05, 3.63) is 57.6 Å². The molecule has 0 bridgehead atoms. The molecule has 0 unspecified atom stereocenters. The molecule has 0 aliphatic heterocycles. The van der Waals surface area contributed by atoms with Crippen LogP contribution in [0.25, 0.3) is 0 Å². The van der Waals surface area contributed by atoms with E-state index in [0.29, 0.717) is 10.0 Å². The van der Waals surface area contributed by atoms with Crippen LogP contribution in [0.3, 0.4) is 0 Å². The van der Waals surface area contributed by atoms with Gasteiger partial charge in [0, 0.05) is 0 Å². The van der Waals surface area contributed by atoms with Crippen LogP contribution < -0.4 is 0 Å². The van der Waals surface area contributed by atoms with E-state index in [1.165, 1.54) is 0 Å². The largest absolute Gasteiger partial charge is 0.506 e. The number of aromatic hydroxyl groups is 2. The van der Waals surface area contributed by atoms with Crippen LogP contribution in [0.5, 0.6) is 11.5 Å². The predicted octanol–water partition coefficient (Wildman–Crippen LogP) is 5.61. The molecule has 0 atom stereocenters. The molecule has 0 spiro atoms. The summed E-state index contributed by atoms with van der Waals surface area (Å²) in [6, 6.07) is 10.8. The van der Waals surface area contributed by atoms with Crippen molar-refractivity contribution in [3.8, 4) is 11.5 Å². The summed E-state index contributed by atoms with van der Waals surface area (Å²) in [6.45, 7) is 4.05. The molecular weight excluding hydrogens is 307 g/mol. The van der Waals surface area contributed by atoms with E-state index >= 15 is 0 Å². The highest BCUT2D eigenvalue weighted by Crippen LogP contribution is 2.27. The summed E-state index contributed by atoms with van der Waals surface area (Å²) in [5.74, 6) is 0.447. The lowest BCUT2D eigenvalue weighted by atomic mass is 10.1. The van der Waals surface area contributed by atoms with Gasteiger partial charge in [-0.1, -0.05) is 67.7 Å². The topological polar surface area (TPSA) is 40.5 Å². The number of rotatable bonds is 3. The molecule has 114 valence electrons. The maximum Gasteiger partial charge on any atom is 0.137 e. The van der Waals surface area contributed by atoms with Crippen molar-refractivity contribution in [1.82, 2.24) is 0 Å². The van der Waals surface area contributed by atoms with Crippen LogP contribution in [0.2, 0.25) is 10.0 Å². The van der Waals surface area contributed by atoms with Gasteiger partial charge in [0.1, 0.15) is 11.5 Å². The summed E-state index contributed by atoms with van der Waals surface area (Å²) in [6.07, 6.45) is 2.71. The molecule has 0 saturated carbocycles. The average molecular weight is 327 g/mol. The van der Waals surface area contributed by atoms with Gasteiger partial charge >= 0.3 is 0 Å². The summed E-state index contributed by atoms with van der Waals surface area (Å²) >= 11 is 11.3. The molecule has 2 aromatic carbocycles. The van der Waals surface area contributed by atoms with Crippen molar-refractivity contribution < 1.29 is 10.2 Å². The first kappa shape index (κ1) is 17.7. The molecule has 0 amide bonds. The number of hydrogen-bond acceptors (Lipinski definition) is 2. The third-order valence-electron chi connectivity index (χ3n) is 3.04. The molecule has 21 heavy (non-hydrogen) atoms. The molecule has 0 aliphatic carbocycles. The van der Waals surface area contributed by atoms with Crippen molar-refractivity contribution >= 4 is 23.2 Å². The zero-order chi connectivity index (χ0) is 15.8. The second-order valence-electron chi connectivity index (χ2n) is 4.60. The number of phenols is 2. The first-order chi connectivity index (χ1) is 10.0. The van der Waals surface area contributed by atoms with E-state index < -0.39 is 0 Å². The Kier molecular flexibility index (Phi) is 7.41. The van der Waals surface area contributed by atoms with Crippen molar-refractivity contribution in [1.29, 1.82) is 0 Å². The molecule has 0 heterocycles. The zero-order valence-electron chi connectivity index (χ0n) is 12.2. The van der Waals surface area contributed by atoms with Crippen LogP contribution in [0.4, 0.5) is 0 Å². The van der Waals surface area contributed by atoms with E-state index in [-0.39, 0.29) is 11.5 Å². The smallest absolute Gasteiger partial charge is 0.137 e. The van der Waals surface area contributed by atoms with Gasteiger partial charge in [-0.3, -0.25) is 0 Å². The van der Waals surface area contributed by atoms with E-state index in [4.69, 9.17) is 23.2 Å². The summed E-state index contributed by atoms with van der Waals surface area (Å²) in [4.78, 5) is 0. The Morgan fingerprint density at radius 2 is 1.29 bits per heavy atom. The predicted molar refractivity (Wildman–Crippen MR) is 89.6 cm³/mol. The van der Waals surface area contributed by atoms with Crippen molar-refractivity contribution in [2.75, 3.05) is 0 Å². The fourth-order valence-corrected chi connectivity index (χ4v) is 2.26. The fourth-order valence-electron chi connectivity index (χ4n) is 1.88. The molecule has 0 aromatic heterocycles. The Morgan fingerprint density at radius 1 is 0.810 bits per heavy atom. The third kappa shape index (κ3) is 5.14. The van der Waals surface area contributed by atoms with Crippen LogP contribution in [0, 0.1) is 0 Å². The first-order valence-corrected chi connectivity index (χ1v) is 7.69. The van der Waals surface area contributed by atoms with Gasteiger partial charge in [-0.2, -0.15) is 0 Å². The Bertz CT molecular complexity index is 583. The van der Waals surface area contributed by atoms with E-state index in [0.717, 1.165) is 30.4 Å². The molecule has 0 fully saturated rings. The molecule has 0 aliphatic rings. The van der Waals surface area contributed by atoms with Gasteiger partial charge in [0.25, 0.3) is 0 Å². The molecule has 2 rings (SSSR count). The van der Waals surface area contributed by atoms with E-state index in [2.05, 4.69) is 6.92 Å². The van der Waals surface area contributed by atoms with Gasteiger partial charge < -0.3 is 10.2 Å². The molecule has 2 aromatic rings. The molecule has 2 N–H and O–H groups in total. The lowest BCUT2D eigenvalue weighted by molar-refractivity contribution is 0.468. The summed E-state index contributed by atoms with van der Waals surface area (Å²) in [5, 5.41) is 19.5. The highest BCUT2D eigenvalue weighted by molar-refractivity contribution is 6.32. The monoisotopic (exact) mass is 326 g/mol. The normalized spacial score (nSPS) is 9.90. The van der Waals surface area contributed by atoms with Gasteiger partial charge in [-0.25, -0.2) is 0 Å². The van der Waals surface area contributed by atoms with Crippen LogP contribution in [-0.2, 0) is 12.8 Å². The van der Waals surface area contributed by atoms with E-state index in [1.54, 1.807) is 12.1 Å². The highest BCUT2D eigenvalue weighted by atomic mass is 35.5. The van der Waals surface area contributed by atoms with Gasteiger partial charge in [-0.15, -0.1) is 0 Å². The van der Waals surface area contributed by atoms with Gasteiger partial charge in [-0.05, 0) is 36.1 Å². The second-order valence-corrected chi connectivity index (χ2v) is 5.41. The first-order valence-electron chi connectivity index (χ1n) is 6.93. The Morgan fingerprint density at radius 3 is 1.71 bits per heavy atom. The highest BCUT2D eigenvalue weighted by Gasteiger charge is 2.02. The van der Waals surface area contributed by atoms with Gasteiger partial charge in [0.15, 0.2) is 0 Å². The Hall–Kier alpha value is -1.38. The maximum atomic E-state index is 9.40. The Labute approximate surface area is 136 Å². The lowest BCUT2D eigenvalue weighted by Gasteiger charge is -2.02. The molecule has 0 radical (unpaired) electrons. The second kappa shape index (κ2) is 8.81. The average Bonchev–Trinajstić information content (AvgIpc) is 2.48. The zero-order valence-corrected chi connectivity index (χ0v) is 13.7. The summed E-state index contributed by atoms with van der Waals surface area (Å²) in [5.41, 5.74) is 1.83. The van der Waals surface area contributed by atoms with Crippen molar-refractivity contribution in [2.24, 2.45) is 0 Å². The van der Waals surface area contributed by atoms with Gasteiger partial charge in [0.05, 0.1) is 10.0 Å². The van der Waals surface area contributed by atoms with E-state index in [1.807, 2.05) is 31.2 Å². The molecule has 0 saturated heterocycles. The van der Waals surface area contributed by atoms with Crippen LogP contribution in [0.1, 0.15) is 31.4 Å². The minimum Gasteiger partial charge on any atom is -0.506 e. The van der Waals surface area contributed by atoms with Crippen molar-refractivity contribution in [3.63, 3.8) is 0 Å². The van der Waals surface area contributed by atoms with Crippen LogP contribution >= 0.6 is 23.2 Å². The molecule has 2 nitrogen and oxygen atoms in total. The number of benzene rings is 2.